The van der Waals surface area contributed by atoms with Gasteiger partial charge in [-0.2, -0.15) is 0 Å². The first-order valence-electron chi connectivity index (χ1n) is 7.16. The number of rotatable bonds is 1. The van der Waals surface area contributed by atoms with Crippen LogP contribution in [0.4, 0.5) is 0 Å². The predicted octanol–water partition coefficient (Wildman–Crippen LogP) is 3.70. The first-order valence-corrected chi connectivity index (χ1v) is 7.16. The van der Waals surface area contributed by atoms with Crippen LogP contribution in [0.25, 0.3) is 0 Å². The van der Waals surface area contributed by atoms with Gasteiger partial charge in [0.2, 0.25) is 0 Å². The van der Waals surface area contributed by atoms with E-state index in [-0.39, 0.29) is 0 Å². The van der Waals surface area contributed by atoms with E-state index in [0.29, 0.717) is 6.04 Å². The fraction of sp³-hybridized carbons (Fsp3) is 0.625. The highest BCUT2D eigenvalue weighted by Crippen LogP contribution is 2.38. The molecule has 1 atom stereocenters. The van der Waals surface area contributed by atoms with E-state index in [1.54, 1.807) is 11.1 Å². The van der Waals surface area contributed by atoms with E-state index in [9.17, 15) is 0 Å². The van der Waals surface area contributed by atoms with Crippen LogP contribution in [0.5, 0.6) is 0 Å². The number of hydrogen-bond acceptors (Lipinski definition) is 1. The van der Waals surface area contributed by atoms with Crippen LogP contribution in [0.2, 0.25) is 0 Å². The van der Waals surface area contributed by atoms with E-state index in [2.05, 4.69) is 36.5 Å². The fourth-order valence-corrected chi connectivity index (χ4v) is 3.58. The van der Waals surface area contributed by atoms with Gasteiger partial charge in [-0.3, -0.25) is 0 Å². The molecule has 0 saturated heterocycles. The minimum absolute atomic E-state index is 0.632. The summed E-state index contributed by atoms with van der Waals surface area (Å²) in [6.45, 7) is 3.56. The summed E-state index contributed by atoms with van der Waals surface area (Å²) in [5.74, 6) is 1.82. The smallest absolute Gasteiger partial charge is 0.0351 e. The van der Waals surface area contributed by atoms with Crippen LogP contribution in [0, 0.1) is 11.8 Å². The van der Waals surface area contributed by atoms with Crippen LogP contribution in [0.1, 0.15) is 49.8 Å². The molecule has 3 rings (SSSR count). The summed E-state index contributed by atoms with van der Waals surface area (Å²) in [7, 11) is 0. The number of nitrogens with one attached hydrogen (secondary N) is 1. The third-order valence-corrected chi connectivity index (χ3v) is 4.68. The van der Waals surface area contributed by atoms with Gasteiger partial charge in [0.15, 0.2) is 0 Å². The molecular formula is C16H23N. The zero-order valence-corrected chi connectivity index (χ0v) is 10.8. The summed E-state index contributed by atoms with van der Waals surface area (Å²) in [4.78, 5) is 0. The average Bonchev–Trinajstić information content (AvgIpc) is 2.39. The lowest BCUT2D eigenvalue weighted by molar-refractivity contribution is 0.226. The maximum absolute atomic E-state index is 3.76. The molecule has 1 aromatic rings. The molecule has 1 aliphatic heterocycles. The zero-order valence-electron chi connectivity index (χ0n) is 10.8. The molecule has 0 aromatic heterocycles. The van der Waals surface area contributed by atoms with Gasteiger partial charge in [-0.15, -0.1) is 0 Å². The fourth-order valence-electron chi connectivity index (χ4n) is 3.58. The molecule has 1 N–H and O–H groups in total. The first kappa shape index (κ1) is 11.3. The normalized spacial score (nSPS) is 33.1. The Kier molecular flexibility index (Phi) is 3.19. The van der Waals surface area contributed by atoms with Gasteiger partial charge in [-0.25, -0.2) is 0 Å². The number of hydrogen-bond donors (Lipinski definition) is 1. The molecule has 17 heavy (non-hydrogen) atoms. The quantitative estimate of drug-likeness (QED) is 0.774. The van der Waals surface area contributed by atoms with Gasteiger partial charge in [0, 0.05) is 6.04 Å². The number of benzene rings is 1. The molecule has 1 nitrogen and oxygen atoms in total. The van der Waals surface area contributed by atoms with E-state index in [0.717, 1.165) is 18.4 Å². The highest BCUT2D eigenvalue weighted by molar-refractivity contribution is 5.32. The average molecular weight is 229 g/mol. The Morgan fingerprint density at radius 1 is 1.06 bits per heavy atom. The minimum atomic E-state index is 0.632. The molecule has 1 aliphatic carbocycles. The summed E-state index contributed by atoms with van der Waals surface area (Å²) in [5.41, 5.74) is 3.16. The highest BCUT2D eigenvalue weighted by Gasteiger charge is 2.29. The van der Waals surface area contributed by atoms with Gasteiger partial charge >= 0.3 is 0 Å². The molecule has 0 bridgehead atoms. The summed E-state index contributed by atoms with van der Waals surface area (Å²) in [6.07, 6.45) is 6.87. The molecule has 1 saturated carbocycles. The van der Waals surface area contributed by atoms with E-state index in [4.69, 9.17) is 0 Å². The first-order chi connectivity index (χ1) is 8.34. The van der Waals surface area contributed by atoms with Crippen molar-refractivity contribution in [2.45, 2.75) is 45.1 Å². The van der Waals surface area contributed by atoms with Crippen LogP contribution in [-0.2, 0) is 6.42 Å². The summed E-state index contributed by atoms with van der Waals surface area (Å²) in [6, 6.07) is 9.67. The van der Waals surface area contributed by atoms with Crippen LogP contribution < -0.4 is 5.32 Å². The topological polar surface area (TPSA) is 12.0 Å². The maximum atomic E-state index is 3.76. The second kappa shape index (κ2) is 4.81. The lowest BCUT2D eigenvalue weighted by Gasteiger charge is -2.37. The van der Waals surface area contributed by atoms with Crippen molar-refractivity contribution >= 4 is 0 Å². The Labute approximate surface area is 105 Å². The highest BCUT2D eigenvalue weighted by atomic mass is 14.9. The Bertz CT molecular complexity index is 377. The molecule has 1 heteroatoms. The van der Waals surface area contributed by atoms with E-state index >= 15 is 0 Å². The molecule has 0 amide bonds. The Morgan fingerprint density at radius 3 is 2.65 bits per heavy atom. The summed E-state index contributed by atoms with van der Waals surface area (Å²) < 4.78 is 0. The molecule has 1 unspecified atom stereocenters. The molecular weight excluding hydrogens is 206 g/mol. The standard InChI is InChI=1S/C16H23N/c1-12-6-8-14(9-7-12)16-15-5-3-2-4-13(15)10-11-17-16/h2-5,12,14,16-17H,6-11H2,1H3/t12-,14-,16?. The van der Waals surface area contributed by atoms with Crippen molar-refractivity contribution < 1.29 is 0 Å². The monoisotopic (exact) mass is 229 g/mol. The van der Waals surface area contributed by atoms with Crippen molar-refractivity contribution in [3.05, 3.63) is 35.4 Å². The Hall–Kier alpha value is -0.820. The largest absolute Gasteiger partial charge is 0.309 e. The zero-order chi connectivity index (χ0) is 11.7. The minimum Gasteiger partial charge on any atom is -0.309 e. The Morgan fingerprint density at radius 2 is 1.82 bits per heavy atom. The molecule has 92 valence electrons. The van der Waals surface area contributed by atoms with Crippen LogP contribution >= 0.6 is 0 Å². The number of fused-ring (bicyclic) bond motifs is 1. The van der Waals surface area contributed by atoms with Crippen LogP contribution in [0.3, 0.4) is 0 Å². The van der Waals surface area contributed by atoms with Gasteiger partial charge < -0.3 is 5.32 Å². The Balaban J connectivity index is 1.80. The summed E-state index contributed by atoms with van der Waals surface area (Å²) >= 11 is 0. The third kappa shape index (κ3) is 2.26. The lowest BCUT2D eigenvalue weighted by Crippen LogP contribution is -2.36. The second-order valence-corrected chi connectivity index (χ2v) is 5.90. The molecule has 0 radical (unpaired) electrons. The van der Waals surface area contributed by atoms with Crippen LogP contribution in [0.15, 0.2) is 24.3 Å². The van der Waals surface area contributed by atoms with Crippen LogP contribution in [-0.4, -0.2) is 6.54 Å². The van der Waals surface area contributed by atoms with Gasteiger partial charge in [0.25, 0.3) is 0 Å². The van der Waals surface area contributed by atoms with Crippen molar-refractivity contribution in [1.82, 2.24) is 5.32 Å². The molecule has 1 aromatic carbocycles. The van der Waals surface area contributed by atoms with Gasteiger partial charge in [0.1, 0.15) is 0 Å². The predicted molar refractivity (Wildman–Crippen MR) is 72.0 cm³/mol. The summed E-state index contributed by atoms with van der Waals surface area (Å²) in [5, 5.41) is 3.76. The molecule has 1 fully saturated rings. The van der Waals surface area contributed by atoms with Crippen molar-refractivity contribution in [2.24, 2.45) is 11.8 Å². The van der Waals surface area contributed by atoms with E-state index in [1.807, 2.05) is 0 Å². The lowest BCUT2D eigenvalue weighted by atomic mass is 9.75. The second-order valence-electron chi connectivity index (χ2n) is 5.90. The van der Waals surface area contributed by atoms with Crippen molar-refractivity contribution in [1.29, 1.82) is 0 Å². The SMILES string of the molecule is C[C@H]1CC[C@H](C2NCCc3ccccc32)CC1. The molecule has 2 aliphatic rings. The maximum Gasteiger partial charge on any atom is 0.0351 e. The van der Waals surface area contributed by atoms with Crippen molar-refractivity contribution in [3.8, 4) is 0 Å². The molecule has 1 heterocycles. The molecule has 0 spiro atoms. The van der Waals surface area contributed by atoms with E-state index in [1.165, 1.54) is 32.1 Å². The van der Waals surface area contributed by atoms with Gasteiger partial charge in [-0.1, -0.05) is 44.0 Å². The van der Waals surface area contributed by atoms with Crippen molar-refractivity contribution in [2.75, 3.05) is 6.54 Å². The van der Waals surface area contributed by atoms with Crippen molar-refractivity contribution in [3.63, 3.8) is 0 Å². The van der Waals surface area contributed by atoms with E-state index < -0.39 is 0 Å². The van der Waals surface area contributed by atoms with Gasteiger partial charge in [0.05, 0.1) is 0 Å². The van der Waals surface area contributed by atoms with Gasteiger partial charge in [-0.05, 0) is 48.8 Å². The third-order valence-electron chi connectivity index (χ3n) is 4.68.